The molecule has 2 aromatic heterocycles. The number of rotatable bonds is 8. The Morgan fingerprint density at radius 2 is 1.91 bits per heavy atom. The molecule has 10 nitrogen and oxygen atoms in total. The summed E-state index contributed by atoms with van der Waals surface area (Å²) < 4.78 is 30.4. The molecular formula is C23H25FN6O4. The fourth-order valence-corrected chi connectivity index (χ4v) is 3.45. The van der Waals surface area contributed by atoms with Crippen LogP contribution in [0.3, 0.4) is 0 Å². The van der Waals surface area contributed by atoms with Gasteiger partial charge in [0, 0.05) is 26.0 Å². The number of nitrogens with zero attached hydrogens (tertiary/aromatic N) is 3. The SMILES string of the molecule is CNC(=O)c1nnc(Nc2ccc(F)cn2)cc1Nc1cccc(OC2CCOCC2)c1OC. The molecular weight excluding hydrogens is 443 g/mol. The number of pyridine rings is 1. The summed E-state index contributed by atoms with van der Waals surface area (Å²) >= 11 is 0. The number of hydrogen-bond acceptors (Lipinski definition) is 9. The number of anilines is 4. The number of ether oxygens (including phenoxy) is 3. The number of benzene rings is 1. The van der Waals surface area contributed by atoms with E-state index in [1.165, 1.54) is 19.2 Å². The molecule has 3 heterocycles. The summed E-state index contributed by atoms with van der Waals surface area (Å²) in [5.74, 6) is 0.876. The average molecular weight is 468 g/mol. The number of aromatic nitrogens is 3. The molecule has 3 aromatic rings. The van der Waals surface area contributed by atoms with Gasteiger partial charge in [0.2, 0.25) is 0 Å². The van der Waals surface area contributed by atoms with Crippen molar-refractivity contribution in [3.8, 4) is 11.5 Å². The van der Waals surface area contributed by atoms with Crippen LogP contribution in [0.25, 0.3) is 0 Å². The van der Waals surface area contributed by atoms with Crippen molar-refractivity contribution in [1.82, 2.24) is 20.5 Å². The first kappa shape index (κ1) is 23.2. The van der Waals surface area contributed by atoms with Crippen LogP contribution in [-0.2, 0) is 4.74 Å². The van der Waals surface area contributed by atoms with Gasteiger partial charge in [-0.25, -0.2) is 9.37 Å². The summed E-state index contributed by atoms with van der Waals surface area (Å²) in [7, 11) is 3.06. The minimum atomic E-state index is -0.455. The Kier molecular flexibility index (Phi) is 7.33. The van der Waals surface area contributed by atoms with E-state index in [2.05, 4.69) is 31.1 Å². The number of halogens is 1. The molecule has 1 aliphatic heterocycles. The van der Waals surface area contributed by atoms with Crippen LogP contribution < -0.4 is 25.4 Å². The van der Waals surface area contributed by atoms with E-state index >= 15 is 0 Å². The molecule has 0 unspecified atom stereocenters. The fraction of sp³-hybridized carbons (Fsp3) is 0.304. The van der Waals surface area contributed by atoms with Gasteiger partial charge in [-0.2, -0.15) is 0 Å². The number of nitrogens with one attached hydrogen (secondary N) is 3. The zero-order chi connectivity index (χ0) is 23.9. The van der Waals surface area contributed by atoms with E-state index in [-0.39, 0.29) is 11.8 Å². The van der Waals surface area contributed by atoms with Gasteiger partial charge < -0.3 is 30.2 Å². The molecule has 178 valence electrons. The fourth-order valence-electron chi connectivity index (χ4n) is 3.45. The molecule has 0 bridgehead atoms. The second kappa shape index (κ2) is 10.8. The van der Waals surface area contributed by atoms with E-state index in [9.17, 15) is 9.18 Å². The summed E-state index contributed by atoms with van der Waals surface area (Å²) in [6, 6.07) is 9.81. The largest absolute Gasteiger partial charge is 0.491 e. The van der Waals surface area contributed by atoms with Gasteiger partial charge in [0.25, 0.3) is 5.91 Å². The van der Waals surface area contributed by atoms with E-state index in [0.29, 0.717) is 47.7 Å². The van der Waals surface area contributed by atoms with Gasteiger partial charge in [-0.3, -0.25) is 4.79 Å². The number of hydrogen-bond donors (Lipinski definition) is 3. The van der Waals surface area contributed by atoms with Crippen LogP contribution in [-0.4, -0.2) is 54.6 Å². The molecule has 0 aliphatic carbocycles. The lowest BCUT2D eigenvalue weighted by molar-refractivity contribution is 0.0246. The third-order valence-electron chi connectivity index (χ3n) is 5.13. The van der Waals surface area contributed by atoms with E-state index in [4.69, 9.17) is 14.2 Å². The first-order valence-electron chi connectivity index (χ1n) is 10.7. The topological polar surface area (TPSA) is 120 Å². The Morgan fingerprint density at radius 3 is 2.62 bits per heavy atom. The van der Waals surface area contributed by atoms with Crippen molar-refractivity contribution >= 4 is 28.9 Å². The summed E-state index contributed by atoms with van der Waals surface area (Å²) in [6.45, 7) is 1.31. The molecule has 3 N–H and O–H groups in total. The normalized spacial score (nSPS) is 13.7. The second-order valence-electron chi connectivity index (χ2n) is 7.45. The summed E-state index contributed by atoms with van der Waals surface area (Å²) in [5.41, 5.74) is 1.04. The van der Waals surface area contributed by atoms with Crippen LogP contribution in [0.2, 0.25) is 0 Å². The zero-order valence-electron chi connectivity index (χ0n) is 18.8. The molecule has 0 radical (unpaired) electrons. The lowest BCUT2D eigenvalue weighted by Crippen LogP contribution is -2.26. The number of methoxy groups -OCH3 is 1. The van der Waals surface area contributed by atoms with Crippen LogP contribution in [0, 0.1) is 5.82 Å². The van der Waals surface area contributed by atoms with Crippen molar-refractivity contribution in [2.75, 3.05) is 38.0 Å². The standard InChI is InChI=1S/C23H25FN6O4/c1-25-23(31)21-17(12-20(29-30-21)28-19-7-6-14(24)13-26-19)27-16-4-3-5-18(22(16)32-2)34-15-8-10-33-11-9-15/h3-7,12-13,15H,8-11H2,1-2H3,(H,25,31)(H2,26,27,28,29). The number of carbonyl (C=O) groups excluding carboxylic acids is 1. The molecule has 34 heavy (non-hydrogen) atoms. The Hall–Kier alpha value is -3.99. The molecule has 11 heteroatoms. The van der Waals surface area contributed by atoms with E-state index in [1.807, 2.05) is 12.1 Å². The van der Waals surface area contributed by atoms with Crippen LogP contribution in [0.1, 0.15) is 23.3 Å². The predicted molar refractivity (Wildman–Crippen MR) is 124 cm³/mol. The number of para-hydroxylation sites is 1. The van der Waals surface area contributed by atoms with Crippen LogP contribution >= 0.6 is 0 Å². The summed E-state index contributed by atoms with van der Waals surface area (Å²) in [5, 5.41) is 16.8. The Morgan fingerprint density at radius 1 is 1.09 bits per heavy atom. The smallest absolute Gasteiger partial charge is 0.273 e. The molecule has 1 amide bonds. The van der Waals surface area contributed by atoms with Gasteiger partial charge in [-0.05, 0) is 24.3 Å². The van der Waals surface area contributed by atoms with Crippen molar-refractivity contribution in [1.29, 1.82) is 0 Å². The van der Waals surface area contributed by atoms with E-state index in [1.54, 1.807) is 19.2 Å². The van der Waals surface area contributed by atoms with E-state index < -0.39 is 11.7 Å². The molecule has 0 saturated carbocycles. The minimum Gasteiger partial charge on any atom is -0.491 e. The average Bonchev–Trinajstić information content (AvgIpc) is 2.86. The van der Waals surface area contributed by atoms with Gasteiger partial charge in [-0.15, -0.1) is 10.2 Å². The maximum atomic E-state index is 13.2. The lowest BCUT2D eigenvalue weighted by atomic mass is 10.1. The molecule has 1 fully saturated rings. The molecule has 0 spiro atoms. The summed E-state index contributed by atoms with van der Waals surface area (Å²) in [6.07, 6.45) is 2.70. The predicted octanol–water partition coefficient (Wildman–Crippen LogP) is 3.42. The van der Waals surface area contributed by atoms with E-state index in [0.717, 1.165) is 19.0 Å². The molecule has 1 saturated heterocycles. The minimum absolute atomic E-state index is 0.0286. The third kappa shape index (κ3) is 5.49. The van der Waals surface area contributed by atoms with Gasteiger partial charge in [0.1, 0.15) is 17.7 Å². The Balaban J connectivity index is 1.63. The highest BCUT2D eigenvalue weighted by atomic mass is 19.1. The number of amides is 1. The van der Waals surface area contributed by atoms with Crippen molar-refractivity contribution in [3.05, 3.63) is 54.1 Å². The molecule has 0 atom stereocenters. The first-order valence-corrected chi connectivity index (χ1v) is 10.7. The van der Waals surface area contributed by atoms with Crippen molar-refractivity contribution in [2.24, 2.45) is 0 Å². The highest BCUT2D eigenvalue weighted by Gasteiger charge is 2.21. The lowest BCUT2D eigenvalue weighted by Gasteiger charge is -2.25. The Bertz CT molecular complexity index is 1140. The van der Waals surface area contributed by atoms with Gasteiger partial charge >= 0.3 is 0 Å². The van der Waals surface area contributed by atoms with Crippen molar-refractivity contribution in [2.45, 2.75) is 18.9 Å². The van der Waals surface area contributed by atoms with Crippen molar-refractivity contribution in [3.63, 3.8) is 0 Å². The maximum Gasteiger partial charge on any atom is 0.273 e. The molecule has 1 aliphatic rings. The Labute approximate surface area is 195 Å². The second-order valence-corrected chi connectivity index (χ2v) is 7.45. The van der Waals surface area contributed by atoms with Gasteiger partial charge in [0.15, 0.2) is 23.0 Å². The first-order chi connectivity index (χ1) is 16.6. The monoisotopic (exact) mass is 468 g/mol. The van der Waals surface area contributed by atoms with Crippen molar-refractivity contribution < 1.29 is 23.4 Å². The van der Waals surface area contributed by atoms with Crippen LogP contribution in [0.5, 0.6) is 11.5 Å². The quantitative estimate of drug-likeness (QED) is 0.457. The zero-order valence-corrected chi connectivity index (χ0v) is 18.8. The third-order valence-corrected chi connectivity index (χ3v) is 5.13. The number of carbonyl (C=O) groups is 1. The highest BCUT2D eigenvalue weighted by Crippen LogP contribution is 2.38. The van der Waals surface area contributed by atoms with Gasteiger partial charge in [0.05, 0.1) is 37.9 Å². The summed E-state index contributed by atoms with van der Waals surface area (Å²) in [4.78, 5) is 16.4. The maximum absolute atomic E-state index is 13.2. The molecule has 1 aromatic carbocycles. The highest BCUT2D eigenvalue weighted by molar-refractivity contribution is 5.98. The molecule has 4 rings (SSSR count). The van der Waals surface area contributed by atoms with Crippen LogP contribution in [0.4, 0.5) is 27.4 Å². The van der Waals surface area contributed by atoms with Crippen LogP contribution in [0.15, 0.2) is 42.6 Å². The van der Waals surface area contributed by atoms with Gasteiger partial charge in [-0.1, -0.05) is 6.07 Å².